The summed E-state index contributed by atoms with van der Waals surface area (Å²) in [5.74, 6) is -0.354. The summed E-state index contributed by atoms with van der Waals surface area (Å²) < 4.78 is 7.30. The molecule has 0 saturated heterocycles. The lowest BCUT2D eigenvalue weighted by Gasteiger charge is -2.14. The van der Waals surface area contributed by atoms with Gasteiger partial charge in [-0.25, -0.2) is 0 Å². The van der Waals surface area contributed by atoms with Gasteiger partial charge in [0.25, 0.3) is 0 Å². The Kier molecular flexibility index (Phi) is 7.18. The van der Waals surface area contributed by atoms with E-state index in [2.05, 4.69) is 67.6 Å². The lowest BCUT2D eigenvalue weighted by Crippen LogP contribution is -2.16. The molecule has 0 aliphatic heterocycles. The molecular formula is C21H22Br2N2O4. The predicted molar refractivity (Wildman–Crippen MR) is 119 cm³/mol. The van der Waals surface area contributed by atoms with E-state index in [1.54, 1.807) is 12.1 Å². The highest BCUT2D eigenvalue weighted by atomic mass is 79.9. The molecule has 1 aliphatic carbocycles. The van der Waals surface area contributed by atoms with Crippen LogP contribution in [0.4, 0.5) is 11.4 Å². The minimum absolute atomic E-state index is 0.391. The number of halogens is 2. The number of benzene rings is 2. The Morgan fingerprint density at radius 1 is 1.10 bits per heavy atom. The fourth-order valence-corrected chi connectivity index (χ4v) is 4.32. The van der Waals surface area contributed by atoms with E-state index in [-0.39, 0.29) is 0 Å². The fourth-order valence-electron chi connectivity index (χ4n) is 2.90. The van der Waals surface area contributed by atoms with Crippen LogP contribution >= 0.6 is 31.9 Å². The van der Waals surface area contributed by atoms with Gasteiger partial charge in [0.1, 0.15) is 18.8 Å². The van der Waals surface area contributed by atoms with Gasteiger partial charge < -0.3 is 20.5 Å². The number of amides is 1. The molecule has 154 valence electrons. The van der Waals surface area contributed by atoms with Crippen LogP contribution in [0.3, 0.4) is 0 Å². The molecule has 1 aliphatic rings. The molecule has 0 aromatic heterocycles. The highest BCUT2D eigenvalue weighted by Crippen LogP contribution is 2.37. The van der Waals surface area contributed by atoms with Gasteiger partial charge in [-0.3, -0.25) is 9.59 Å². The maximum Gasteiger partial charge on any atom is 0.312 e. The summed E-state index contributed by atoms with van der Waals surface area (Å²) in [4.78, 5) is 22.3. The number of aryl methyl sites for hydroxylation is 1. The van der Waals surface area contributed by atoms with Crippen molar-refractivity contribution >= 4 is 55.1 Å². The van der Waals surface area contributed by atoms with Gasteiger partial charge in [0.05, 0.1) is 8.95 Å². The van der Waals surface area contributed by atoms with Gasteiger partial charge in [0, 0.05) is 17.9 Å². The first-order chi connectivity index (χ1) is 13.8. The van der Waals surface area contributed by atoms with Gasteiger partial charge in [-0.05, 0) is 92.9 Å². The molecule has 0 unspecified atom stereocenters. The van der Waals surface area contributed by atoms with E-state index in [0.717, 1.165) is 23.7 Å². The number of ether oxygens (including phenoxy) is 1. The second-order valence-electron chi connectivity index (χ2n) is 7.21. The number of carboxylic acids is 1. The number of anilines is 2. The molecule has 0 heterocycles. The monoisotopic (exact) mass is 524 g/mol. The molecule has 29 heavy (non-hydrogen) atoms. The third-order valence-corrected chi connectivity index (χ3v) is 5.58. The van der Waals surface area contributed by atoms with Crippen molar-refractivity contribution in [3.05, 3.63) is 50.4 Å². The van der Waals surface area contributed by atoms with Crippen LogP contribution in [-0.2, 0) is 16.2 Å². The third kappa shape index (κ3) is 6.75. The number of carbonyl (C=O) groups excluding carboxylic acids is 1. The van der Waals surface area contributed by atoms with Crippen LogP contribution in [-0.4, -0.2) is 23.5 Å². The molecule has 0 bridgehead atoms. The number of hydrogen-bond acceptors (Lipinski definition) is 4. The predicted octanol–water partition coefficient (Wildman–Crippen LogP) is 5.33. The average Bonchev–Trinajstić information content (AvgIpc) is 3.42. The van der Waals surface area contributed by atoms with Gasteiger partial charge in [-0.2, -0.15) is 0 Å². The zero-order chi connectivity index (χ0) is 21.0. The van der Waals surface area contributed by atoms with Crippen molar-refractivity contribution in [2.75, 3.05) is 17.2 Å². The van der Waals surface area contributed by atoms with Crippen molar-refractivity contribution in [1.29, 1.82) is 0 Å². The molecule has 0 radical (unpaired) electrons. The molecular weight excluding hydrogens is 504 g/mol. The van der Waals surface area contributed by atoms with Crippen molar-refractivity contribution in [3.8, 4) is 5.75 Å². The first kappa shape index (κ1) is 21.6. The molecule has 1 amide bonds. The van der Waals surface area contributed by atoms with Crippen LogP contribution < -0.4 is 15.4 Å². The number of carbonyl (C=O) groups is 2. The summed E-state index contributed by atoms with van der Waals surface area (Å²) >= 11 is 6.91. The Balaban J connectivity index is 1.65. The van der Waals surface area contributed by atoms with E-state index >= 15 is 0 Å². The summed E-state index contributed by atoms with van der Waals surface area (Å²) in [6, 6.07) is 9.67. The maximum absolute atomic E-state index is 11.6. The molecule has 3 rings (SSSR count). The first-order valence-corrected chi connectivity index (χ1v) is 10.9. The number of carboxylic acid groups (broad SMARTS) is 1. The lowest BCUT2D eigenvalue weighted by molar-refractivity contribution is -0.139. The summed E-state index contributed by atoms with van der Waals surface area (Å²) in [5.41, 5.74) is 3.80. The molecule has 1 fully saturated rings. The number of rotatable bonds is 9. The Morgan fingerprint density at radius 3 is 2.41 bits per heavy atom. The molecule has 6 nitrogen and oxygen atoms in total. The summed E-state index contributed by atoms with van der Waals surface area (Å²) in [6.45, 7) is 3.46. The van der Waals surface area contributed by atoms with Crippen LogP contribution in [0.1, 0.15) is 30.4 Å². The zero-order valence-corrected chi connectivity index (χ0v) is 19.1. The van der Waals surface area contributed by atoms with Gasteiger partial charge >= 0.3 is 5.97 Å². The third-order valence-electron chi connectivity index (χ3n) is 4.41. The van der Waals surface area contributed by atoms with Crippen molar-refractivity contribution in [2.45, 2.75) is 32.8 Å². The quantitative estimate of drug-likeness (QED) is 0.385. The molecule has 0 atom stereocenters. The van der Waals surface area contributed by atoms with E-state index in [1.165, 1.54) is 18.4 Å². The van der Waals surface area contributed by atoms with Gasteiger partial charge in [-0.15, -0.1) is 0 Å². The van der Waals surface area contributed by atoms with Crippen molar-refractivity contribution in [3.63, 3.8) is 0 Å². The van der Waals surface area contributed by atoms with Gasteiger partial charge in [-0.1, -0.05) is 6.07 Å². The SMILES string of the molecule is Cc1cc(COc2c(Br)cc(NC(=O)CC(=O)O)cc2Br)cc(NCC2CC2)c1. The molecule has 3 N–H and O–H groups in total. The zero-order valence-electron chi connectivity index (χ0n) is 15.9. The van der Waals surface area contributed by atoms with E-state index in [1.807, 2.05) is 0 Å². The summed E-state index contributed by atoms with van der Waals surface area (Å²) in [5, 5.41) is 14.7. The van der Waals surface area contributed by atoms with E-state index in [0.29, 0.717) is 27.0 Å². The standard InChI is InChI=1S/C21H22Br2N2O4/c1-12-4-14(6-15(5-12)24-10-13-2-3-13)11-29-21-17(22)7-16(8-18(21)23)25-19(26)9-20(27)28/h4-8,13,24H,2-3,9-11H2,1H3,(H,25,26)(H,27,28). The van der Waals surface area contributed by atoms with Gasteiger partial charge in [0.2, 0.25) is 5.91 Å². The second kappa shape index (κ2) is 9.63. The second-order valence-corrected chi connectivity index (χ2v) is 8.92. The largest absolute Gasteiger partial charge is 0.487 e. The summed E-state index contributed by atoms with van der Waals surface area (Å²) in [7, 11) is 0. The smallest absolute Gasteiger partial charge is 0.312 e. The van der Waals surface area contributed by atoms with E-state index < -0.39 is 18.3 Å². The molecule has 2 aromatic rings. The van der Waals surface area contributed by atoms with Crippen LogP contribution in [0.25, 0.3) is 0 Å². The van der Waals surface area contributed by atoms with Crippen LogP contribution in [0.5, 0.6) is 5.75 Å². The van der Waals surface area contributed by atoms with E-state index in [4.69, 9.17) is 9.84 Å². The Bertz CT molecular complexity index is 906. The van der Waals surface area contributed by atoms with E-state index in [9.17, 15) is 9.59 Å². The minimum Gasteiger partial charge on any atom is -0.487 e. The Hall–Kier alpha value is -2.06. The lowest BCUT2D eigenvalue weighted by atomic mass is 10.1. The highest BCUT2D eigenvalue weighted by Gasteiger charge is 2.20. The number of hydrogen-bond donors (Lipinski definition) is 3. The molecule has 8 heteroatoms. The number of aliphatic carboxylic acids is 1. The average molecular weight is 526 g/mol. The molecule has 2 aromatic carbocycles. The first-order valence-electron chi connectivity index (χ1n) is 9.28. The number of nitrogens with one attached hydrogen (secondary N) is 2. The maximum atomic E-state index is 11.6. The minimum atomic E-state index is -1.18. The van der Waals surface area contributed by atoms with Crippen molar-refractivity contribution < 1.29 is 19.4 Å². The van der Waals surface area contributed by atoms with Crippen LogP contribution in [0.15, 0.2) is 39.3 Å². The molecule has 0 spiro atoms. The molecule has 1 saturated carbocycles. The van der Waals surface area contributed by atoms with Crippen molar-refractivity contribution in [2.24, 2.45) is 5.92 Å². The van der Waals surface area contributed by atoms with Gasteiger partial charge in [0.15, 0.2) is 0 Å². The normalized spacial score (nSPS) is 13.1. The highest BCUT2D eigenvalue weighted by molar-refractivity contribution is 9.11. The van der Waals surface area contributed by atoms with Crippen LogP contribution in [0, 0.1) is 12.8 Å². The summed E-state index contributed by atoms with van der Waals surface area (Å²) in [6.07, 6.45) is 2.03. The fraction of sp³-hybridized carbons (Fsp3) is 0.333. The topological polar surface area (TPSA) is 87.7 Å². The van der Waals surface area contributed by atoms with Crippen LogP contribution in [0.2, 0.25) is 0 Å². The van der Waals surface area contributed by atoms with Crippen molar-refractivity contribution in [1.82, 2.24) is 0 Å². The Labute approximate surface area is 186 Å². The Morgan fingerprint density at radius 2 is 1.79 bits per heavy atom.